The van der Waals surface area contributed by atoms with E-state index in [2.05, 4.69) is 39.7 Å². The first-order chi connectivity index (χ1) is 13.6. The van der Waals surface area contributed by atoms with Crippen LogP contribution in [-0.4, -0.2) is 91.1 Å². The molecule has 154 valence electrons. The molecule has 3 aliphatic heterocycles. The molecule has 0 radical (unpaired) electrons. The normalized spacial score (nSPS) is 29.4. The van der Waals surface area contributed by atoms with Crippen LogP contribution >= 0.6 is 11.3 Å². The number of nitrogens with one attached hydrogen (secondary N) is 1. The number of nitrogens with zero attached hydrogens (tertiary/aromatic N) is 3. The highest BCUT2D eigenvalue weighted by molar-refractivity contribution is 7.09. The highest BCUT2D eigenvalue weighted by atomic mass is 32.1. The minimum absolute atomic E-state index is 0.105. The number of amides is 2. The number of likely N-dealkylation sites (tertiary alicyclic amines) is 1. The highest BCUT2D eigenvalue weighted by Gasteiger charge is 2.45. The smallest absolute Gasteiger partial charge is 0.239 e. The van der Waals surface area contributed by atoms with Crippen molar-refractivity contribution < 1.29 is 14.3 Å². The summed E-state index contributed by atoms with van der Waals surface area (Å²) in [5.74, 6) is 0.336. The van der Waals surface area contributed by atoms with E-state index in [1.165, 1.54) is 4.88 Å². The van der Waals surface area contributed by atoms with Gasteiger partial charge in [0.15, 0.2) is 0 Å². The highest BCUT2D eigenvalue weighted by Crippen LogP contribution is 2.29. The van der Waals surface area contributed by atoms with Gasteiger partial charge in [0, 0.05) is 56.1 Å². The maximum atomic E-state index is 12.8. The number of hydrogen-bond acceptors (Lipinski definition) is 6. The van der Waals surface area contributed by atoms with Crippen LogP contribution in [0.1, 0.15) is 24.1 Å². The van der Waals surface area contributed by atoms with Crippen molar-refractivity contribution in [1.29, 1.82) is 0 Å². The molecule has 1 aromatic rings. The number of morpholine rings is 1. The molecular weight excluding hydrogens is 376 g/mol. The van der Waals surface area contributed by atoms with Gasteiger partial charge in [-0.05, 0) is 31.3 Å². The number of hydrogen-bond donors (Lipinski definition) is 1. The van der Waals surface area contributed by atoms with E-state index in [0.29, 0.717) is 39.3 Å². The Kier molecular flexibility index (Phi) is 6.30. The lowest BCUT2D eigenvalue weighted by molar-refractivity contribution is -0.135. The summed E-state index contributed by atoms with van der Waals surface area (Å²) in [5.41, 5.74) is 0. The molecule has 0 aliphatic carbocycles. The SMILES string of the molecule is CN1C(CCC(=O)N2CCOCC2)CNC(=O)C2C1CCN2Cc1cccs1. The summed E-state index contributed by atoms with van der Waals surface area (Å²) in [4.78, 5) is 33.2. The zero-order valence-corrected chi connectivity index (χ0v) is 17.3. The third kappa shape index (κ3) is 4.25. The van der Waals surface area contributed by atoms with Crippen molar-refractivity contribution in [2.75, 3.05) is 46.4 Å². The lowest BCUT2D eigenvalue weighted by Gasteiger charge is -2.33. The molecular formula is C20H30N4O3S. The fraction of sp³-hybridized carbons (Fsp3) is 0.700. The number of carbonyl (C=O) groups excluding carboxylic acids is 2. The fourth-order valence-corrected chi connectivity index (χ4v) is 5.42. The molecule has 1 aromatic heterocycles. The van der Waals surface area contributed by atoms with Crippen LogP contribution < -0.4 is 5.32 Å². The van der Waals surface area contributed by atoms with Gasteiger partial charge in [0.25, 0.3) is 0 Å². The summed E-state index contributed by atoms with van der Waals surface area (Å²) in [6.45, 7) is 5.04. The summed E-state index contributed by atoms with van der Waals surface area (Å²) >= 11 is 1.74. The van der Waals surface area contributed by atoms with E-state index in [0.717, 1.165) is 25.9 Å². The molecule has 3 aliphatic rings. The van der Waals surface area contributed by atoms with E-state index in [1.807, 2.05) is 4.90 Å². The van der Waals surface area contributed by atoms with Crippen LogP contribution in [0.25, 0.3) is 0 Å². The van der Waals surface area contributed by atoms with Crippen LogP contribution in [-0.2, 0) is 20.9 Å². The molecule has 0 bridgehead atoms. The summed E-state index contributed by atoms with van der Waals surface area (Å²) in [6.07, 6.45) is 2.30. The number of ether oxygens (including phenoxy) is 1. The molecule has 1 N–H and O–H groups in total. The van der Waals surface area contributed by atoms with Crippen molar-refractivity contribution in [3.05, 3.63) is 22.4 Å². The van der Waals surface area contributed by atoms with Crippen LogP contribution in [0.15, 0.2) is 17.5 Å². The molecule has 3 unspecified atom stereocenters. The fourth-order valence-electron chi connectivity index (χ4n) is 4.69. The van der Waals surface area contributed by atoms with Crippen LogP contribution in [0.5, 0.6) is 0 Å². The minimum atomic E-state index is -0.105. The van der Waals surface area contributed by atoms with Crippen molar-refractivity contribution in [3.63, 3.8) is 0 Å². The van der Waals surface area contributed by atoms with Crippen LogP contribution in [0.3, 0.4) is 0 Å². The van der Waals surface area contributed by atoms with Gasteiger partial charge in [-0.1, -0.05) is 6.07 Å². The average molecular weight is 407 g/mol. The third-order valence-electron chi connectivity index (χ3n) is 6.34. The molecule has 0 spiro atoms. The number of thiophene rings is 1. The Labute approximate surface area is 170 Å². The van der Waals surface area contributed by atoms with Gasteiger partial charge in [0.2, 0.25) is 11.8 Å². The topological polar surface area (TPSA) is 65.1 Å². The zero-order valence-electron chi connectivity index (χ0n) is 16.5. The summed E-state index contributed by atoms with van der Waals surface area (Å²) in [5, 5.41) is 5.23. The maximum Gasteiger partial charge on any atom is 0.239 e. The van der Waals surface area contributed by atoms with Gasteiger partial charge in [-0.15, -0.1) is 11.3 Å². The van der Waals surface area contributed by atoms with Crippen molar-refractivity contribution >= 4 is 23.2 Å². The maximum absolute atomic E-state index is 12.8. The molecule has 0 aromatic carbocycles. The number of carbonyl (C=O) groups is 2. The van der Waals surface area contributed by atoms with Gasteiger partial charge < -0.3 is 15.0 Å². The van der Waals surface area contributed by atoms with E-state index >= 15 is 0 Å². The first kappa shape index (κ1) is 19.8. The lowest BCUT2D eigenvalue weighted by atomic mass is 10.0. The molecule has 4 rings (SSSR count). The Morgan fingerprint density at radius 2 is 2.14 bits per heavy atom. The molecule has 28 heavy (non-hydrogen) atoms. The van der Waals surface area contributed by atoms with Crippen molar-refractivity contribution in [2.45, 2.75) is 43.9 Å². The molecule has 4 heterocycles. The zero-order chi connectivity index (χ0) is 19.5. The van der Waals surface area contributed by atoms with Crippen molar-refractivity contribution in [3.8, 4) is 0 Å². The molecule has 3 fully saturated rings. The predicted octanol–water partition coefficient (Wildman–Crippen LogP) is 0.760. The Bertz CT molecular complexity index is 677. The summed E-state index contributed by atoms with van der Waals surface area (Å²) in [6, 6.07) is 4.51. The first-order valence-electron chi connectivity index (χ1n) is 10.2. The van der Waals surface area contributed by atoms with E-state index < -0.39 is 0 Å². The van der Waals surface area contributed by atoms with Gasteiger partial charge in [-0.25, -0.2) is 0 Å². The quantitative estimate of drug-likeness (QED) is 0.782. The van der Waals surface area contributed by atoms with Crippen LogP contribution in [0.4, 0.5) is 0 Å². The van der Waals surface area contributed by atoms with E-state index in [4.69, 9.17) is 4.74 Å². The van der Waals surface area contributed by atoms with Gasteiger partial charge in [-0.2, -0.15) is 0 Å². The largest absolute Gasteiger partial charge is 0.378 e. The van der Waals surface area contributed by atoms with Gasteiger partial charge in [-0.3, -0.25) is 19.4 Å². The molecule has 3 saturated heterocycles. The standard InChI is InChI=1S/C20H30N4O3S/c1-22-15(4-5-18(25)23-8-10-27-11-9-23)13-21-20(26)19-17(22)6-7-24(19)14-16-3-2-12-28-16/h2-3,12,15,17,19H,4-11,13-14H2,1H3,(H,21,26). The van der Waals surface area contributed by atoms with Crippen LogP contribution in [0, 0.1) is 0 Å². The van der Waals surface area contributed by atoms with E-state index in [9.17, 15) is 9.59 Å². The third-order valence-corrected chi connectivity index (χ3v) is 7.20. The Morgan fingerprint density at radius 1 is 1.32 bits per heavy atom. The summed E-state index contributed by atoms with van der Waals surface area (Å²) < 4.78 is 5.33. The monoisotopic (exact) mass is 406 g/mol. The molecule has 2 amide bonds. The second kappa shape index (κ2) is 8.90. The molecule has 0 saturated carbocycles. The molecule has 8 heteroatoms. The molecule has 3 atom stereocenters. The second-order valence-electron chi connectivity index (χ2n) is 7.95. The predicted molar refractivity (Wildman–Crippen MR) is 108 cm³/mol. The average Bonchev–Trinajstić information content (AvgIpc) is 3.35. The Hall–Kier alpha value is -1.48. The first-order valence-corrected chi connectivity index (χ1v) is 11.1. The van der Waals surface area contributed by atoms with Gasteiger partial charge in [0.1, 0.15) is 6.04 Å². The van der Waals surface area contributed by atoms with E-state index in [-0.39, 0.29) is 29.9 Å². The Balaban J connectivity index is 1.37. The number of likely N-dealkylation sites (N-methyl/N-ethyl adjacent to an activating group) is 1. The molecule has 7 nitrogen and oxygen atoms in total. The lowest BCUT2D eigenvalue weighted by Crippen LogP contribution is -2.49. The van der Waals surface area contributed by atoms with Gasteiger partial charge in [0.05, 0.1) is 13.2 Å². The Morgan fingerprint density at radius 3 is 2.89 bits per heavy atom. The number of fused-ring (bicyclic) bond motifs is 1. The van der Waals surface area contributed by atoms with E-state index in [1.54, 1.807) is 11.3 Å². The number of rotatable bonds is 5. The van der Waals surface area contributed by atoms with Gasteiger partial charge >= 0.3 is 0 Å². The summed E-state index contributed by atoms with van der Waals surface area (Å²) in [7, 11) is 2.12. The van der Waals surface area contributed by atoms with Crippen LogP contribution in [0.2, 0.25) is 0 Å². The second-order valence-corrected chi connectivity index (χ2v) is 8.98. The van der Waals surface area contributed by atoms with Crippen molar-refractivity contribution in [1.82, 2.24) is 20.0 Å². The van der Waals surface area contributed by atoms with Crippen molar-refractivity contribution in [2.24, 2.45) is 0 Å². The minimum Gasteiger partial charge on any atom is -0.378 e.